The maximum absolute atomic E-state index is 11.8. The van der Waals surface area contributed by atoms with Gasteiger partial charge < -0.3 is 4.74 Å². The largest absolute Gasteiger partial charge is 0.466 e. The van der Waals surface area contributed by atoms with E-state index in [1.807, 2.05) is 48.2 Å². The summed E-state index contributed by atoms with van der Waals surface area (Å²) in [6.07, 6.45) is 7.59. The van der Waals surface area contributed by atoms with Crippen molar-refractivity contribution in [1.29, 1.82) is 0 Å². The molecule has 142 valence electrons. The molecule has 0 atom stereocenters. The number of rotatable bonds is 5. The molecule has 0 aliphatic rings. The predicted octanol–water partition coefficient (Wildman–Crippen LogP) is 3.56. The number of carbonyl (C=O) groups excluding carboxylic acids is 1. The summed E-state index contributed by atoms with van der Waals surface area (Å²) in [5.41, 5.74) is 5.12. The highest BCUT2D eigenvalue weighted by Crippen LogP contribution is 2.27. The molecule has 8 heteroatoms. The number of halogens is 1. The van der Waals surface area contributed by atoms with Crippen LogP contribution in [-0.4, -0.2) is 36.7 Å². The summed E-state index contributed by atoms with van der Waals surface area (Å²) in [5.74, 6) is -0.331. The summed E-state index contributed by atoms with van der Waals surface area (Å²) in [6, 6.07) is 7.61. The Morgan fingerprint density at radius 3 is 2.79 bits per heavy atom. The number of hydrogen-bond acceptors (Lipinski definition) is 5. The lowest BCUT2D eigenvalue weighted by atomic mass is 10.1. The van der Waals surface area contributed by atoms with Crippen molar-refractivity contribution in [2.75, 3.05) is 6.61 Å². The van der Waals surface area contributed by atoms with Crippen molar-refractivity contribution in [3.05, 3.63) is 59.9 Å². The summed E-state index contributed by atoms with van der Waals surface area (Å²) in [7, 11) is 1.89. The van der Waals surface area contributed by atoms with Crippen molar-refractivity contribution in [2.24, 2.45) is 7.05 Å². The van der Waals surface area contributed by atoms with E-state index in [4.69, 9.17) is 16.3 Å². The zero-order valence-electron chi connectivity index (χ0n) is 15.5. The SMILES string of the molecule is CCOC(=O)Cc1cc(-c2cnc3cc(-c4cnn(C)c4)ccn23)cc(Cl)n1. The molecule has 0 saturated heterocycles. The number of aryl methyl sites for hydroxylation is 1. The van der Waals surface area contributed by atoms with Gasteiger partial charge in [0.25, 0.3) is 0 Å². The van der Waals surface area contributed by atoms with E-state index in [1.165, 1.54) is 0 Å². The highest BCUT2D eigenvalue weighted by Gasteiger charge is 2.13. The first-order valence-electron chi connectivity index (χ1n) is 8.82. The van der Waals surface area contributed by atoms with Crippen LogP contribution in [0.5, 0.6) is 0 Å². The zero-order chi connectivity index (χ0) is 19.7. The summed E-state index contributed by atoms with van der Waals surface area (Å²) >= 11 is 6.18. The number of carbonyl (C=O) groups is 1. The highest BCUT2D eigenvalue weighted by molar-refractivity contribution is 6.29. The number of esters is 1. The molecule has 4 aromatic rings. The van der Waals surface area contributed by atoms with Gasteiger partial charge >= 0.3 is 5.97 Å². The Morgan fingerprint density at radius 1 is 1.18 bits per heavy atom. The van der Waals surface area contributed by atoms with Crippen LogP contribution in [0.2, 0.25) is 5.15 Å². The molecular weight excluding hydrogens is 378 g/mol. The van der Waals surface area contributed by atoms with Crippen LogP contribution in [0.3, 0.4) is 0 Å². The fourth-order valence-electron chi connectivity index (χ4n) is 3.09. The molecule has 0 unspecified atom stereocenters. The fraction of sp³-hybridized carbons (Fsp3) is 0.200. The number of imidazole rings is 1. The van der Waals surface area contributed by atoms with Crippen molar-refractivity contribution in [3.8, 4) is 22.4 Å². The number of hydrogen-bond donors (Lipinski definition) is 0. The number of fused-ring (bicyclic) bond motifs is 1. The van der Waals surface area contributed by atoms with Gasteiger partial charge in [0.15, 0.2) is 0 Å². The van der Waals surface area contributed by atoms with Crippen molar-refractivity contribution in [3.63, 3.8) is 0 Å². The summed E-state index contributed by atoms with van der Waals surface area (Å²) in [4.78, 5) is 20.5. The van der Waals surface area contributed by atoms with Gasteiger partial charge in [0, 0.05) is 30.6 Å². The fourth-order valence-corrected chi connectivity index (χ4v) is 3.32. The molecule has 0 N–H and O–H groups in total. The van der Waals surface area contributed by atoms with Crippen LogP contribution in [0.25, 0.3) is 28.0 Å². The summed E-state index contributed by atoms with van der Waals surface area (Å²) in [5, 5.41) is 4.53. The molecule has 0 aromatic carbocycles. The second kappa shape index (κ2) is 7.44. The number of aromatic nitrogens is 5. The highest BCUT2D eigenvalue weighted by atomic mass is 35.5. The number of pyridine rings is 2. The Morgan fingerprint density at radius 2 is 2.04 bits per heavy atom. The van der Waals surface area contributed by atoms with Crippen molar-refractivity contribution in [2.45, 2.75) is 13.3 Å². The predicted molar refractivity (Wildman–Crippen MR) is 106 cm³/mol. The lowest BCUT2D eigenvalue weighted by Gasteiger charge is -2.07. The molecule has 4 aromatic heterocycles. The molecule has 0 radical (unpaired) electrons. The number of ether oxygens (including phenoxy) is 1. The average Bonchev–Trinajstić information content (AvgIpc) is 3.27. The molecular formula is C20H18ClN5O2. The molecule has 0 saturated carbocycles. The monoisotopic (exact) mass is 395 g/mol. The van der Waals surface area contributed by atoms with Gasteiger partial charge in [-0.25, -0.2) is 9.97 Å². The molecule has 7 nitrogen and oxygen atoms in total. The quantitative estimate of drug-likeness (QED) is 0.381. The number of nitrogens with zero attached hydrogens (tertiary/aromatic N) is 5. The Kier molecular flexibility index (Phi) is 4.83. The van der Waals surface area contributed by atoms with Crippen molar-refractivity contribution in [1.82, 2.24) is 24.1 Å². The molecule has 4 heterocycles. The Hall–Kier alpha value is -3.19. The van der Waals surface area contributed by atoms with Crippen LogP contribution in [0.15, 0.2) is 49.1 Å². The van der Waals surface area contributed by atoms with E-state index in [0.717, 1.165) is 28.0 Å². The first-order valence-corrected chi connectivity index (χ1v) is 9.20. The minimum absolute atomic E-state index is 0.0727. The van der Waals surface area contributed by atoms with Crippen LogP contribution in [0.1, 0.15) is 12.6 Å². The normalized spacial score (nSPS) is 11.1. The van der Waals surface area contributed by atoms with E-state index in [-0.39, 0.29) is 12.4 Å². The van der Waals surface area contributed by atoms with Gasteiger partial charge in [-0.05, 0) is 36.8 Å². The van der Waals surface area contributed by atoms with Gasteiger partial charge in [-0.2, -0.15) is 5.10 Å². The third-order valence-corrected chi connectivity index (χ3v) is 4.52. The summed E-state index contributed by atoms with van der Waals surface area (Å²) in [6.45, 7) is 2.10. The second-order valence-corrected chi connectivity index (χ2v) is 6.73. The minimum Gasteiger partial charge on any atom is -0.466 e. The van der Waals surface area contributed by atoms with E-state index in [0.29, 0.717) is 17.5 Å². The van der Waals surface area contributed by atoms with Crippen LogP contribution in [-0.2, 0) is 23.0 Å². The first kappa shape index (κ1) is 18.2. The van der Waals surface area contributed by atoms with E-state index < -0.39 is 0 Å². The second-order valence-electron chi connectivity index (χ2n) is 6.34. The molecule has 4 rings (SSSR count). The molecule has 0 aliphatic heterocycles. The minimum atomic E-state index is -0.331. The Bertz CT molecular complexity index is 1160. The van der Waals surface area contributed by atoms with Crippen molar-refractivity contribution < 1.29 is 9.53 Å². The lowest BCUT2D eigenvalue weighted by molar-refractivity contribution is -0.142. The Balaban J connectivity index is 1.71. The maximum atomic E-state index is 11.8. The smallest absolute Gasteiger partial charge is 0.311 e. The molecule has 0 fully saturated rings. The summed E-state index contributed by atoms with van der Waals surface area (Å²) < 4.78 is 8.73. The molecule has 0 spiro atoms. The lowest BCUT2D eigenvalue weighted by Crippen LogP contribution is -2.09. The average molecular weight is 396 g/mol. The Labute approximate surface area is 166 Å². The first-order chi connectivity index (χ1) is 13.5. The van der Waals surface area contributed by atoms with E-state index in [9.17, 15) is 4.79 Å². The van der Waals surface area contributed by atoms with Gasteiger partial charge in [-0.3, -0.25) is 13.9 Å². The maximum Gasteiger partial charge on any atom is 0.311 e. The van der Waals surface area contributed by atoms with Gasteiger partial charge in [-0.1, -0.05) is 11.6 Å². The molecule has 0 bridgehead atoms. The topological polar surface area (TPSA) is 74.3 Å². The van der Waals surface area contributed by atoms with Crippen molar-refractivity contribution >= 4 is 23.2 Å². The van der Waals surface area contributed by atoms with Gasteiger partial charge in [-0.15, -0.1) is 0 Å². The van der Waals surface area contributed by atoms with Crippen LogP contribution in [0, 0.1) is 0 Å². The standard InChI is InChI=1S/C20H18ClN5O2/c1-3-28-20(27)9-16-6-14(7-18(21)24-16)17-11-22-19-8-13(4-5-26(17)19)15-10-23-25(2)12-15/h4-8,10-12H,3,9H2,1-2H3. The van der Waals surface area contributed by atoms with Gasteiger partial charge in [0.05, 0.1) is 36.8 Å². The molecule has 0 amide bonds. The third-order valence-electron chi connectivity index (χ3n) is 4.33. The molecule has 0 aliphatic carbocycles. The van der Waals surface area contributed by atoms with Crippen LogP contribution < -0.4 is 0 Å². The van der Waals surface area contributed by atoms with Gasteiger partial charge in [0.2, 0.25) is 0 Å². The van der Waals surface area contributed by atoms with E-state index in [2.05, 4.69) is 15.1 Å². The van der Waals surface area contributed by atoms with Crippen LogP contribution >= 0.6 is 11.6 Å². The third kappa shape index (κ3) is 3.61. The van der Waals surface area contributed by atoms with Crippen LogP contribution in [0.4, 0.5) is 0 Å². The molecule has 28 heavy (non-hydrogen) atoms. The zero-order valence-corrected chi connectivity index (χ0v) is 16.2. The van der Waals surface area contributed by atoms with E-state index in [1.54, 1.807) is 23.9 Å². The van der Waals surface area contributed by atoms with Gasteiger partial charge in [0.1, 0.15) is 10.8 Å². The van der Waals surface area contributed by atoms with E-state index >= 15 is 0 Å².